The Balaban J connectivity index is 1.87. The number of carbonyl (C=O) groups is 3. The smallest absolute Gasteiger partial charge is 0.312 e. The Morgan fingerprint density at radius 3 is 2.22 bits per heavy atom. The SMILES string of the molecule is CO[C@H]1/C=C/O[C@@]2(C)Oc3c(C)c(O)c4c(O)c(cc(O)c4c3C2=O)NC(=O)/C(C)=C\C=C\[C@@H](C)[C@H](O)[C@@H](C)[C@@H](O)[C@H](C)[C@H](OC(C)=O)[C@H]1C. The third-order valence-electron chi connectivity index (χ3n) is 9.84. The third kappa shape index (κ3) is 7.03. The fourth-order valence-corrected chi connectivity index (χ4v) is 6.65. The van der Waals surface area contributed by atoms with Gasteiger partial charge < -0.3 is 49.8 Å². The molecule has 0 unspecified atom stereocenters. The van der Waals surface area contributed by atoms with E-state index in [4.69, 9.17) is 18.9 Å². The number of phenols is 3. The van der Waals surface area contributed by atoms with E-state index in [2.05, 4.69) is 5.32 Å². The molecule has 0 saturated heterocycles. The molecule has 13 heteroatoms. The molecule has 9 atom stereocenters. The minimum Gasteiger partial charge on any atom is -0.507 e. The van der Waals surface area contributed by atoms with Gasteiger partial charge in [-0.05, 0) is 19.9 Å². The lowest BCUT2D eigenvalue weighted by molar-refractivity contribution is -0.160. The van der Waals surface area contributed by atoms with E-state index >= 15 is 0 Å². The second-order valence-corrected chi connectivity index (χ2v) is 13.4. The number of phenolic OH excluding ortho intramolecular Hbond substituents is 3. The lowest BCUT2D eigenvalue weighted by Gasteiger charge is -2.38. The Bertz CT molecular complexity index is 1760. The number of Topliss-reactive ketones (excluding diaryl/α,β-unsaturated/α-hetero) is 1. The van der Waals surface area contributed by atoms with Crippen molar-refractivity contribution in [2.45, 2.75) is 85.6 Å². The second kappa shape index (κ2) is 14.7. The van der Waals surface area contributed by atoms with Crippen LogP contribution in [0.4, 0.5) is 5.69 Å². The number of methoxy groups -OCH3 is 1. The number of aliphatic hydroxyl groups is 2. The predicted molar refractivity (Wildman–Crippen MR) is 184 cm³/mol. The maximum atomic E-state index is 13.9. The molecule has 5 rings (SSSR count). The number of carbonyl (C=O) groups excluding carboxylic acids is 3. The van der Waals surface area contributed by atoms with Gasteiger partial charge in [0.05, 0.1) is 41.2 Å². The van der Waals surface area contributed by atoms with Crippen LogP contribution in [0, 0.1) is 30.6 Å². The van der Waals surface area contributed by atoms with Crippen LogP contribution in [0.1, 0.15) is 64.4 Å². The number of ketones is 1. The molecule has 0 radical (unpaired) electrons. The van der Waals surface area contributed by atoms with E-state index in [1.54, 1.807) is 39.8 Å². The van der Waals surface area contributed by atoms with Gasteiger partial charge in [-0.3, -0.25) is 14.4 Å². The van der Waals surface area contributed by atoms with Crippen LogP contribution >= 0.6 is 0 Å². The Morgan fingerprint density at radius 2 is 1.60 bits per heavy atom. The quantitative estimate of drug-likeness (QED) is 0.143. The molecule has 13 nitrogen and oxygen atoms in total. The van der Waals surface area contributed by atoms with Crippen LogP contribution < -0.4 is 10.1 Å². The number of fused-ring (bicyclic) bond motifs is 14. The highest BCUT2D eigenvalue weighted by Gasteiger charge is 2.49. The number of aromatic hydroxyl groups is 3. The van der Waals surface area contributed by atoms with Gasteiger partial charge in [0, 0.05) is 67.2 Å². The van der Waals surface area contributed by atoms with Crippen molar-refractivity contribution in [1.29, 1.82) is 0 Å². The first-order valence-electron chi connectivity index (χ1n) is 16.4. The van der Waals surface area contributed by atoms with Gasteiger partial charge >= 0.3 is 11.8 Å². The molecule has 5 bridgehead atoms. The molecular weight excluding hydrogens is 650 g/mol. The van der Waals surface area contributed by atoms with E-state index in [9.17, 15) is 39.9 Å². The molecule has 3 aliphatic rings. The fourth-order valence-electron chi connectivity index (χ4n) is 6.65. The van der Waals surface area contributed by atoms with E-state index in [1.165, 1.54) is 53.2 Å². The summed E-state index contributed by atoms with van der Waals surface area (Å²) in [5.74, 6) is -7.99. The summed E-state index contributed by atoms with van der Waals surface area (Å²) in [5.41, 5.74) is -0.0929. The number of nitrogens with one attached hydrogen (secondary N) is 1. The lowest BCUT2D eigenvalue weighted by atomic mass is 9.78. The summed E-state index contributed by atoms with van der Waals surface area (Å²) in [6, 6.07) is 1.06. The molecule has 1 amide bonds. The van der Waals surface area contributed by atoms with Crippen LogP contribution in [0.5, 0.6) is 23.0 Å². The van der Waals surface area contributed by atoms with Crippen LogP contribution in [0.3, 0.4) is 0 Å². The number of aliphatic hydroxyl groups excluding tert-OH is 2. The molecule has 0 saturated carbocycles. The monoisotopic (exact) mass is 697 g/mol. The largest absolute Gasteiger partial charge is 0.507 e. The minimum atomic E-state index is -1.98. The van der Waals surface area contributed by atoms with Crippen molar-refractivity contribution in [1.82, 2.24) is 0 Å². The molecule has 0 fully saturated rings. The number of benzene rings is 2. The molecule has 50 heavy (non-hydrogen) atoms. The van der Waals surface area contributed by atoms with Gasteiger partial charge in [0.2, 0.25) is 0 Å². The zero-order valence-electron chi connectivity index (χ0n) is 29.7. The van der Waals surface area contributed by atoms with Crippen molar-refractivity contribution < 1.29 is 58.9 Å². The van der Waals surface area contributed by atoms with E-state index < -0.39 is 88.8 Å². The molecular formula is C37H47NO12. The van der Waals surface area contributed by atoms with Crippen LogP contribution in [-0.2, 0) is 23.8 Å². The van der Waals surface area contributed by atoms with Crippen LogP contribution in [0.15, 0.2) is 42.2 Å². The number of allylic oxidation sites excluding steroid dienone is 2. The lowest BCUT2D eigenvalue weighted by Crippen LogP contribution is -2.46. The Hall–Kier alpha value is -4.59. The van der Waals surface area contributed by atoms with Crippen LogP contribution in [0.2, 0.25) is 0 Å². The van der Waals surface area contributed by atoms with Crippen LogP contribution in [0.25, 0.3) is 10.8 Å². The van der Waals surface area contributed by atoms with Gasteiger partial charge in [-0.1, -0.05) is 45.9 Å². The van der Waals surface area contributed by atoms with E-state index in [1.807, 2.05) is 0 Å². The maximum Gasteiger partial charge on any atom is 0.312 e. The Labute approximate surface area is 290 Å². The van der Waals surface area contributed by atoms with Crippen molar-refractivity contribution in [3.8, 4) is 23.0 Å². The van der Waals surface area contributed by atoms with Gasteiger partial charge in [0.15, 0.2) is 5.75 Å². The van der Waals surface area contributed by atoms with E-state index in [0.29, 0.717) is 0 Å². The third-order valence-corrected chi connectivity index (χ3v) is 9.84. The number of rotatable bonds is 2. The molecule has 2 aromatic carbocycles. The van der Waals surface area contributed by atoms with E-state index in [0.717, 1.165) is 6.07 Å². The summed E-state index contributed by atoms with van der Waals surface area (Å²) < 4.78 is 23.2. The molecule has 3 heterocycles. The molecule has 0 aliphatic carbocycles. The first-order valence-corrected chi connectivity index (χ1v) is 16.4. The normalized spacial score (nSPS) is 33.2. The number of amides is 1. The average molecular weight is 698 g/mol. The standard InChI is InChI=1S/C37H47NO12/c1-16-11-10-12-17(2)36(46)38-23-15-24(40)26-27(32(23)44)31(43)21(6)34-28(26)35(45)37(8,50-34)48-14-13-25(47-9)18(3)33(49-22(7)39)20(5)30(42)19(4)29(16)41/h10-16,18-20,25,29-30,33,40-44H,1-9H3,(H,38,46)/b11-10+,14-13+,17-12-/t16-,18+,19-,20+,25+,29+,30-,33-,37+/m1/s1. The fraction of sp³-hybridized carbons (Fsp3) is 0.486. The summed E-state index contributed by atoms with van der Waals surface area (Å²) in [4.78, 5) is 39.2. The van der Waals surface area contributed by atoms with Crippen LogP contribution in [-0.4, -0.2) is 80.5 Å². The average Bonchev–Trinajstić information content (AvgIpc) is 3.33. The summed E-state index contributed by atoms with van der Waals surface area (Å²) >= 11 is 0. The number of hydrogen-bond acceptors (Lipinski definition) is 12. The highest BCUT2D eigenvalue weighted by molar-refractivity contribution is 6.21. The number of ether oxygens (including phenoxy) is 4. The van der Waals surface area contributed by atoms with Crippen molar-refractivity contribution in [2.75, 3.05) is 12.4 Å². The highest BCUT2D eigenvalue weighted by atomic mass is 16.7. The number of anilines is 1. The van der Waals surface area contributed by atoms with Crippen molar-refractivity contribution in [3.63, 3.8) is 0 Å². The van der Waals surface area contributed by atoms with Gasteiger partial charge in [0.25, 0.3) is 11.7 Å². The van der Waals surface area contributed by atoms with Crippen molar-refractivity contribution in [2.24, 2.45) is 23.7 Å². The first kappa shape index (κ1) is 38.2. The number of esters is 1. The maximum absolute atomic E-state index is 13.9. The zero-order chi connectivity index (χ0) is 37.4. The zero-order valence-corrected chi connectivity index (χ0v) is 29.7. The summed E-state index contributed by atoms with van der Waals surface area (Å²) in [5, 5.41) is 58.2. The minimum absolute atomic E-state index is 0.0709. The Morgan fingerprint density at radius 1 is 0.940 bits per heavy atom. The van der Waals surface area contributed by atoms with Crippen molar-refractivity contribution >= 4 is 34.1 Å². The summed E-state index contributed by atoms with van der Waals surface area (Å²) in [6.45, 7) is 12.5. The van der Waals surface area contributed by atoms with E-state index in [-0.39, 0.29) is 38.9 Å². The molecule has 0 aromatic heterocycles. The van der Waals surface area contributed by atoms with Gasteiger partial charge in [-0.2, -0.15) is 0 Å². The summed E-state index contributed by atoms with van der Waals surface area (Å²) in [7, 11) is 1.43. The van der Waals surface area contributed by atoms with Crippen molar-refractivity contribution in [3.05, 3.63) is 53.3 Å². The molecule has 3 aliphatic heterocycles. The molecule has 6 N–H and O–H groups in total. The second-order valence-electron chi connectivity index (χ2n) is 13.4. The summed E-state index contributed by atoms with van der Waals surface area (Å²) in [6.07, 6.45) is 3.62. The Kier molecular flexibility index (Phi) is 11.2. The van der Waals surface area contributed by atoms with Gasteiger partial charge in [-0.25, -0.2) is 0 Å². The molecule has 272 valence electrons. The first-order chi connectivity index (χ1) is 23.4. The van der Waals surface area contributed by atoms with Gasteiger partial charge in [0.1, 0.15) is 23.4 Å². The molecule has 0 spiro atoms. The highest BCUT2D eigenvalue weighted by Crippen LogP contribution is 2.53. The van der Waals surface area contributed by atoms with Gasteiger partial charge in [-0.15, -0.1) is 0 Å². The predicted octanol–water partition coefficient (Wildman–Crippen LogP) is 4.75. The number of hydrogen-bond donors (Lipinski definition) is 6. The molecule has 2 aromatic rings. The topological polar surface area (TPSA) is 201 Å².